The summed E-state index contributed by atoms with van der Waals surface area (Å²) in [6, 6.07) is -0.0535. The summed E-state index contributed by atoms with van der Waals surface area (Å²) in [7, 11) is 0. The number of amides is 2. The molecule has 0 aromatic carbocycles. The molecule has 20 heavy (non-hydrogen) atoms. The van der Waals surface area contributed by atoms with Crippen molar-refractivity contribution in [3.63, 3.8) is 0 Å². The lowest BCUT2D eigenvalue weighted by Gasteiger charge is -2.25. The molecule has 2 heterocycles. The van der Waals surface area contributed by atoms with Crippen LogP contribution in [0.2, 0.25) is 0 Å². The monoisotopic (exact) mass is 282 g/mol. The molecule has 1 aliphatic carbocycles. The van der Waals surface area contributed by atoms with Crippen LogP contribution < -0.4 is 0 Å². The molecular formula is C14H22N2O4. The minimum atomic E-state index is -0.818. The van der Waals surface area contributed by atoms with Crippen LogP contribution in [0.5, 0.6) is 0 Å². The zero-order valence-corrected chi connectivity index (χ0v) is 11.7. The summed E-state index contributed by atoms with van der Waals surface area (Å²) < 4.78 is 0. The highest BCUT2D eigenvalue weighted by atomic mass is 16.4. The first-order chi connectivity index (χ1) is 9.47. The lowest BCUT2D eigenvalue weighted by Crippen LogP contribution is -2.42. The Labute approximate surface area is 118 Å². The van der Waals surface area contributed by atoms with Gasteiger partial charge in [0.2, 0.25) is 0 Å². The van der Waals surface area contributed by atoms with Gasteiger partial charge in [-0.3, -0.25) is 4.79 Å². The van der Waals surface area contributed by atoms with E-state index in [9.17, 15) is 14.7 Å². The number of aliphatic hydroxyl groups excluding tert-OH is 1. The SMILES string of the molecule is CC1CN(C(=O)N2CC3CCC(O)C3C2)CC1C(=O)O. The number of hydrogen-bond donors (Lipinski definition) is 2. The van der Waals surface area contributed by atoms with Crippen molar-refractivity contribution in [2.24, 2.45) is 23.7 Å². The topological polar surface area (TPSA) is 81.1 Å². The molecular weight excluding hydrogens is 260 g/mol. The second kappa shape index (κ2) is 4.91. The number of aliphatic carboxylic acids is 1. The van der Waals surface area contributed by atoms with Crippen molar-refractivity contribution < 1.29 is 19.8 Å². The van der Waals surface area contributed by atoms with Gasteiger partial charge in [0, 0.05) is 32.1 Å². The smallest absolute Gasteiger partial charge is 0.320 e. The Bertz CT molecular complexity index is 427. The molecule has 0 bridgehead atoms. The highest BCUT2D eigenvalue weighted by molar-refractivity contribution is 5.78. The van der Waals surface area contributed by atoms with Gasteiger partial charge >= 0.3 is 12.0 Å². The third-order valence-corrected chi connectivity index (χ3v) is 5.29. The number of hydrogen-bond acceptors (Lipinski definition) is 3. The van der Waals surface area contributed by atoms with Crippen molar-refractivity contribution in [1.82, 2.24) is 9.80 Å². The van der Waals surface area contributed by atoms with E-state index in [0.717, 1.165) is 12.8 Å². The zero-order valence-electron chi connectivity index (χ0n) is 11.7. The molecule has 3 fully saturated rings. The van der Waals surface area contributed by atoms with E-state index in [-0.39, 0.29) is 24.0 Å². The van der Waals surface area contributed by atoms with E-state index in [2.05, 4.69) is 0 Å². The van der Waals surface area contributed by atoms with E-state index < -0.39 is 11.9 Å². The number of carbonyl (C=O) groups excluding carboxylic acids is 1. The molecule has 6 nitrogen and oxygen atoms in total. The molecule has 5 unspecified atom stereocenters. The lowest BCUT2D eigenvalue weighted by molar-refractivity contribution is -0.142. The Morgan fingerprint density at radius 1 is 1.05 bits per heavy atom. The molecule has 3 aliphatic rings. The number of carboxylic acids is 1. The van der Waals surface area contributed by atoms with Crippen LogP contribution in [0.1, 0.15) is 19.8 Å². The largest absolute Gasteiger partial charge is 0.481 e. The molecule has 1 saturated carbocycles. The molecule has 112 valence electrons. The standard InChI is InChI=1S/C14H22N2O4/c1-8-4-15(6-10(8)13(18)19)14(20)16-5-9-2-3-12(17)11(9)7-16/h8-12,17H,2-7H2,1H3,(H,18,19). The van der Waals surface area contributed by atoms with Crippen molar-refractivity contribution in [2.75, 3.05) is 26.2 Å². The third kappa shape index (κ3) is 2.16. The fraction of sp³-hybridized carbons (Fsp3) is 0.857. The normalized spacial score (nSPS) is 40.2. The number of likely N-dealkylation sites (tertiary alicyclic amines) is 2. The van der Waals surface area contributed by atoms with Gasteiger partial charge in [-0.05, 0) is 24.7 Å². The summed E-state index contributed by atoms with van der Waals surface area (Å²) >= 11 is 0. The first kappa shape index (κ1) is 13.7. The van der Waals surface area contributed by atoms with Gasteiger partial charge in [-0.25, -0.2) is 4.79 Å². The van der Waals surface area contributed by atoms with Gasteiger partial charge in [0.05, 0.1) is 12.0 Å². The number of aliphatic hydroxyl groups is 1. The number of carboxylic acid groups (broad SMARTS) is 1. The summed E-state index contributed by atoms with van der Waals surface area (Å²) in [4.78, 5) is 27.1. The molecule has 0 aromatic heterocycles. The molecule has 3 rings (SSSR count). The zero-order chi connectivity index (χ0) is 14.4. The van der Waals surface area contributed by atoms with E-state index in [4.69, 9.17) is 5.11 Å². The first-order valence-corrected chi connectivity index (χ1v) is 7.42. The van der Waals surface area contributed by atoms with Crippen LogP contribution in [0, 0.1) is 23.7 Å². The highest BCUT2D eigenvalue weighted by Gasteiger charge is 2.46. The Balaban J connectivity index is 1.62. The van der Waals surface area contributed by atoms with E-state index in [1.54, 1.807) is 9.80 Å². The number of carbonyl (C=O) groups is 2. The van der Waals surface area contributed by atoms with Gasteiger partial charge in [0.15, 0.2) is 0 Å². The minimum Gasteiger partial charge on any atom is -0.481 e. The molecule has 2 saturated heterocycles. The molecule has 6 heteroatoms. The minimum absolute atomic E-state index is 0.00384. The maximum atomic E-state index is 12.5. The number of urea groups is 1. The second-order valence-electron chi connectivity index (χ2n) is 6.58. The van der Waals surface area contributed by atoms with Crippen molar-refractivity contribution in [3.05, 3.63) is 0 Å². The van der Waals surface area contributed by atoms with Crippen LogP contribution >= 0.6 is 0 Å². The highest BCUT2D eigenvalue weighted by Crippen LogP contribution is 2.38. The van der Waals surface area contributed by atoms with Gasteiger partial charge in [-0.15, -0.1) is 0 Å². The molecule has 0 radical (unpaired) electrons. The van der Waals surface area contributed by atoms with Gasteiger partial charge in [0.1, 0.15) is 0 Å². The summed E-state index contributed by atoms with van der Waals surface area (Å²) in [5.74, 6) is -0.629. The Morgan fingerprint density at radius 3 is 2.35 bits per heavy atom. The number of rotatable bonds is 1. The Morgan fingerprint density at radius 2 is 1.75 bits per heavy atom. The molecule has 2 amide bonds. The summed E-state index contributed by atoms with van der Waals surface area (Å²) in [5, 5.41) is 19.0. The predicted octanol–water partition coefficient (Wildman–Crippen LogP) is 0.462. The average Bonchev–Trinajstić information content (AvgIpc) is 3.05. The van der Waals surface area contributed by atoms with E-state index in [1.807, 2.05) is 6.92 Å². The lowest BCUT2D eigenvalue weighted by atomic mass is 9.99. The van der Waals surface area contributed by atoms with Crippen molar-refractivity contribution in [1.29, 1.82) is 0 Å². The van der Waals surface area contributed by atoms with Crippen molar-refractivity contribution in [3.8, 4) is 0 Å². The van der Waals surface area contributed by atoms with Crippen LogP contribution in [0.3, 0.4) is 0 Å². The maximum Gasteiger partial charge on any atom is 0.320 e. The van der Waals surface area contributed by atoms with Crippen molar-refractivity contribution in [2.45, 2.75) is 25.9 Å². The Kier molecular flexibility index (Phi) is 3.36. The van der Waals surface area contributed by atoms with Gasteiger partial charge < -0.3 is 20.0 Å². The quantitative estimate of drug-likeness (QED) is 0.732. The summed E-state index contributed by atoms with van der Waals surface area (Å²) in [6.07, 6.45) is 1.56. The Hall–Kier alpha value is -1.30. The molecule has 2 N–H and O–H groups in total. The first-order valence-electron chi connectivity index (χ1n) is 7.42. The van der Waals surface area contributed by atoms with E-state index in [0.29, 0.717) is 32.1 Å². The number of nitrogens with zero attached hydrogens (tertiary/aromatic N) is 2. The van der Waals surface area contributed by atoms with Gasteiger partial charge in [0.25, 0.3) is 0 Å². The predicted molar refractivity (Wildman–Crippen MR) is 71.1 cm³/mol. The van der Waals surface area contributed by atoms with Crippen LogP contribution in [-0.2, 0) is 4.79 Å². The van der Waals surface area contributed by atoms with E-state index in [1.165, 1.54) is 0 Å². The van der Waals surface area contributed by atoms with Crippen LogP contribution in [0.25, 0.3) is 0 Å². The molecule has 5 atom stereocenters. The van der Waals surface area contributed by atoms with Gasteiger partial charge in [-0.2, -0.15) is 0 Å². The van der Waals surface area contributed by atoms with Crippen LogP contribution in [0.15, 0.2) is 0 Å². The average molecular weight is 282 g/mol. The third-order valence-electron chi connectivity index (χ3n) is 5.29. The van der Waals surface area contributed by atoms with Crippen molar-refractivity contribution >= 4 is 12.0 Å². The second-order valence-corrected chi connectivity index (χ2v) is 6.58. The van der Waals surface area contributed by atoms with E-state index >= 15 is 0 Å². The fourth-order valence-electron chi connectivity index (χ4n) is 4.04. The molecule has 0 spiro atoms. The molecule has 0 aromatic rings. The fourth-order valence-corrected chi connectivity index (χ4v) is 4.04. The molecule has 2 aliphatic heterocycles. The van der Waals surface area contributed by atoms with Crippen LogP contribution in [-0.4, -0.2) is 64.3 Å². The maximum absolute atomic E-state index is 12.5. The van der Waals surface area contributed by atoms with Crippen LogP contribution in [0.4, 0.5) is 4.79 Å². The number of fused-ring (bicyclic) bond motifs is 1. The summed E-state index contributed by atoms with van der Waals surface area (Å²) in [6.45, 7) is 4.04. The van der Waals surface area contributed by atoms with Gasteiger partial charge in [-0.1, -0.05) is 6.92 Å². The summed E-state index contributed by atoms with van der Waals surface area (Å²) in [5.41, 5.74) is 0.